The Hall–Kier alpha value is -3.98. The zero-order chi connectivity index (χ0) is 27.6. The minimum absolute atomic E-state index is 0.107. The topological polar surface area (TPSA) is 89.5 Å². The third kappa shape index (κ3) is 7.54. The standard InChI is InChI=1S/C30H33N3O5S/c1-36-24-12-10-23(11-13-24)32-30-33(18-16-22-9-14-25(37-2)26(19-22)38-3)28(34)20-27(39-30)29(35)31-17-15-21-7-5-4-6-8-21/h4-14,19,27H,15-18,20H2,1-3H3,(H,31,35)/t27-/m0/s1. The number of ether oxygens (including phenoxy) is 3. The maximum atomic E-state index is 13.3. The largest absolute Gasteiger partial charge is 0.497 e. The predicted octanol–water partition coefficient (Wildman–Crippen LogP) is 4.64. The van der Waals surface area contributed by atoms with E-state index in [4.69, 9.17) is 19.2 Å². The lowest BCUT2D eigenvalue weighted by molar-refractivity contribution is -0.130. The van der Waals surface area contributed by atoms with Crippen LogP contribution in [0.4, 0.5) is 5.69 Å². The molecule has 0 radical (unpaired) electrons. The Morgan fingerprint density at radius 2 is 1.67 bits per heavy atom. The number of amides is 2. The predicted molar refractivity (Wildman–Crippen MR) is 154 cm³/mol. The van der Waals surface area contributed by atoms with Gasteiger partial charge in [0.25, 0.3) is 0 Å². The Labute approximate surface area is 233 Å². The van der Waals surface area contributed by atoms with E-state index in [0.29, 0.717) is 47.6 Å². The van der Waals surface area contributed by atoms with Crippen LogP contribution in [0.25, 0.3) is 0 Å². The van der Waals surface area contributed by atoms with Crippen molar-refractivity contribution in [2.75, 3.05) is 34.4 Å². The fourth-order valence-electron chi connectivity index (χ4n) is 4.19. The minimum Gasteiger partial charge on any atom is -0.497 e. The normalized spacial score (nSPS) is 16.2. The fourth-order valence-corrected chi connectivity index (χ4v) is 5.34. The van der Waals surface area contributed by atoms with Gasteiger partial charge < -0.3 is 19.5 Å². The van der Waals surface area contributed by atoms with Crippen LogP contribution in [0.3, 0.4) is 0 Å². The van der Waals surface area contributed by atoms with Crippen LogP contribution >= 0.6 is 11.8 Å². The van der Waals surface area contributed by atoms with Crippen molar-refractivity contribution in [2.45, 2.75) is 24.5 Å². The first-order valence-electron chi connectivity index (χ1n) is 12.7. The number of methoxy groups -OCH3 is 3. The summed E-state index contributed by atoms with van der Waals surface area (Å²) >= 11 is 1.32. The van der Waals surface area contributed by atoms with E-state index in [9.17, 15) is 9.59 Å². The quantitative estimate of drug-likeness (QED) is 0.376. The zero-order valence-electron chi connectivity index (χ0n) is 22.4. The molecule has 1 heterocycles. The molecule has 9 heteroatoms. The molecular weight excluding hydrogens is 514 g/mol. The first-order chi connectivity index (χ1) is 19.0. The third-order valence-corrected chi connectivity index (χ3v) is 7.54. The van der Waals surface area contributed by atoms with Gasteiger partial charge in [-0.2, -0.15) is 0 Å². The summed E-state index contributed by atoms with van der Waals surface area (Å²) in [6.45, 7) is 0.917. The molecule has 1 aliphatic rings. The van der Waals surface area contributed by atoms with Crippen LogP contribution in [0.2, 0.25) is 0 Å². The van der Waals surface area contributed by atoms with Crippen molar-refractivity contribution in [1.29, 1.82) is 0 Å². The maximum absolute atomic E-state index is 13.3. The molecule has 8 nitrogen and oxygen atoms in total. The Balaban J connectivity index is 1.49. The molecule has 0 unspecified atom stereocenters. The van der Waals surface area contributed by atoms with Gasteiger partial charge in [0.1, 0.15) is 5.75 Å². The molecule has 1 fully saturated rings. The van der Waals surface area contributed by atoms with Gasteiger partial charge in [-0.15, -0.1) is 0 Å². The minimum atomic E-state index is -0.553. The first-order valence-corrected chi connectivity index (χ1v) is 13.6. The van der Waals surface area contributed by atoms with Gasteiger partial charge >= 0.3 is 0 Å². The highest BCUT2D eigenvalue weighted by Crippen LogP contribution is 2.31. The molecule has 39 heavy (non-hydrogen) atoms. The highest BCUT2D eigenvalue weighted by molar-refractivity contribution is 8.15. The Bertz CT molecular complexity index is 1300. The number of hydrogen-bond acceptors (Lipinski definition) is 7. The van der Waals surface area contributed by atoms with Crippen LogP contribution in [0.1, 0.15) is 17.5 Å². The van der Waals surface area contributed by atoms with Crippen LogP contribution in [0, 0.1) is 0 Å². The third-order valence-electron chi connectivity index (χ3n) is 6.36. The summed E-state index contributed by atoms with van der Waals surface area (Å²) in [5.74, 6) is 1.70. The highest BCUT2D eigenvalue weighted by atomic mass is 32.2. The lowest BCUT2D eigenvalue weighted by Gasteiger charge is -2.32. The van der Waals surface area contributed by atoms with Gasteiger partial charge in [-0.05, 0) is 60.4 Å². The van der Waals surface area contributed by atoms with Crippen molar-refractivity contribution < 1.29 is 23.8 Å². The number of aliphatic imine (C=N–C) groups is 1. The van der Waals surface area contributed by atoms with Gasteiger partial charge in [-0.3, -0.25) is 14.5 Å². The summed E-state index contributed by atoms with van der Waals surface area (Å²) in [5.41, 5.74) is 2.82. The molecule has 0 spiro atoms. The van der Waals surface area contributed by atoms with Crippen LogP contribution in [0.15, 0.2) is 77.8 Å². The smallest absolute Gasteiger partial charge is 0.234 e. The molecule has 0 bridgehead atoms. The number of carbonyl (C=O) groups is 2. The molecule has 1 aliphatic heterocycles. The molecule has 1 atom stereocenters. The van der Waals surface area contributed by atoms with Crippen molar-refractivity contribution in [1.82, 2.24) is 10.2 Å². The summed E-state index contributed by atoms with van der Waals surface area (Å²) < 4.78 is 16.0. The number of nitrogens with zero attached hydrogens (tertiary/aromatic N) is 2. The van der Waals surface area contributed by atoms with Crippen LogP contribution in [-0.4, -0.2) is 61.6 Å². The van der Waals surface area contributed by atoms with E-state index in [1.807, 2.05) is 72.8 Å². The number of benzene rings is 3. The number of hydrogen-bond donors (Lipinski definition) is 1. The highest BCUT2D eigenvalue weighted by Gasteiger charge is 2.35. The lowest BCUT2D eigenvalue weighted by Crippen LogP contribution is -2.47. The van der Waals surface area contributed by atoms with Crippen molar-refractivity contribution in [3.8, 4) is 17.2 Å². The van der Waals surface area contributed by atoms with Gasteiger partial charge in [0.15, 0.2) is 16.7 Å². The lowest BCUT2D eigenvalue weighted by atomic mass is 10.1. The first kappa shape index (κ1) is 28.0. The van der Waals surface area contributed by atoms with Gasteiger partial charge in [0, 0.05) is 19.5 Å². The SMILES string of the molecule is COc1ccc(N=C2S[C@H](C(=O)NCCc3ccccc3)CC(=O)N2CCc2ccc(OC)c(OC)c2)cc1. The monoisotopic (exact) mass is 547 g/mol. The second-order valence-corrected chi connectivity index (χ2v) is 10.1. The van der Waals surface area contributed by atoms with Crippen molar-refractivity contribution in [2.24, 2.45) is 4.99 Å². The average molecular weight is 548 g/mol. The second kappa shape index (κ2) is 13.7. The Morgan fingerprint density at radius 3 is 2.36 bits per heavy atom. The Morgan fingerprint density at radius 1 is 0.923 bits per heavy atom. The molecule has 1 saturated heterocycles. The summed E-state index contributed by atoms with van der Waals surface area (Å²) in [5, 5.41) is 2.94. The van der Waals surface area contributed by atoms with E-state index in [2.05, 4.69) is 5.32 Å². The summed E-state index contributed by atoms with van der Waals surface area (Å²) in [6.07, 6.45) is 1.42. The number of carbonyl (C=O) groups excluding carboxylic acids is 2. The maximum Gasteiger partial charge on any atom is 0.234 e. The summed E-state index contributed by atoms with van der Waals surface area (Å²) in [7, 11) is 4.79. The number of nitrogens with one attached hydrogen (secondary N) is 1. The van der Waals surface area contributed by atoms with Crippen LogP contribution < -0.4 is 19.5 Å². The molecule has 3 aromatic rings. The van der Waals surface area contributed by atoms with Crippen molar-refractivity contribution in [3.05, 3.63) is 83.9 Å². The number of rotatable bonds is 11. The number of thioether (sulfide) groups is 1. The van der Waals surface area contributed by atoms with E-state index >= 15 is 0 Å². The van der Waals surface area contributed by atoms with E-state index < -0.39 is 5.25 Å². The van der Waals surface area contributed by atoms with Crippen LogP contribution in [0.5, 0.6) is 17.2 Å². The molecule has 0 aromatic heterocycles. The average Bonchev–Trinajstić information content (AvgIpc) is 2.97. The van der Waals surface area contributed by atoms with Gasteiger partial charge in [-0.1, -0.05) is 48.2 Å². The molecule has 3 aromatic carbocycles. The molecule has 204 valence electrons. The summed E-state index contributed by atoms with van der Waals surface area (Å²) in [6, 6.07) is 23.0. The molecule has 0 aliphatic carbocycles. The van der Waals surface area contributed by atoms with Crippen LogP contribution in [-0.2, 0) is 22.4 Å². The zero-order valence-corrected chi connectivity index (χ0v) is 23.2. The van der Waals surface area contributed by atoms with E-state index in [1.165, 1.54) is 11.8 Å². The molecular formula is C30H33N3O5S. The van der Waals surface area contributed by atoms with Gasteiger partial charge in [-0.25, -0.2) is 4.99 Å². The second-order valence-electron chi connectivity index (χ2n) is 8.91. The van der Waals surface area contributed by atoms with Gasteiger partial charge in [0.2, 0.25) is 11.8 Å². The molecule has 0 saturated carbocycles. The van der Waals surface area contributed by atoms with E-state index in [0.717, 1.165) is 17.5 Å². The van der Waals surface area contributed by atoms with E-state index in [1.54, 1.807) is 26.2 Å². The summed E-state index contributed by atoms with van der Waals surface area (Å²) in [4.78, 5) is 32.8. The molecule has 2 amide bonds. The van der Waals surface area contributed by atoms with Crippen molar-refractivity contribution >= 4 is 34.4 Å². The van der Waals surface area contributed by atoms with E-state index in [-0.39, 0.29) is 18.2 Å². The molecule has 1 N–H and O–H groups in total. The Kier molecular flexibility index (Phi) is 9.85. The van der Waals surface area contributed by atoms with Gasteiger partial charge in [0.05, 0.1) is 32.3 Å². The number of amidine groups is 1. The van der Waals surface area contributed by atoms with Crippen molar-refractivity contribution in [3.63, 3.8) is 0 Å². The molecule has 4 rings (SSSR count). The fraction of sp³-hybridized carbons (Fsp3) is 0.300.